The highest BCUT2D eigenvalue weighted by atomic mass is 32.2. The first-order valence-electron chi connectivity index (χ1n) is 5.02. The van der Waals surface area contributed by atoms with Crippen LogP contribution >= 0.6 is 0 Å². The molecule has 0 saturated heterocycles. The van der Waals surface area contributed by atoms with E-state index in [-0.39, 0.29) is 5.69 Å². The molecule has 2 N–H and O–H groups in total. The van der Waals surface area contributed by atoms with Crippen molar-refractivity contribution >= 4 is 33.5 Å². The molecule has 0 aliphatic heterocycles. The molecule has 1 unspecified atom stereocenters. The zero-order valence-corrected chi connectivity index (χ0v) is 10.6. The van der Waals surface area contributed by atoms with Crippen LogP contribution in [0.3, 0.4) is 0 Å². The molecule has 5 nitrogen and oxygen atoms in total. The van der Waals surface area contributed by atoms with Gasteiger partial charge in [-0.1, -0.05) is 0 Å². The Morgan fingerprint density at radius 1 is 1.44 bits per heavy atom. The summed E-state index contributed by atoms with van der Waals surface area (Å²) in [5, 5.41) is 0.576. The Morgan fingerprint density at radius 3 is 2.78 bits per heavy atom. The van der Waals surface area contributed by atoms with Crippen LogP contribution in [0.4, 0.5) is 10.1 Å². The van der Waals surface area contributed by atoms with Crippen molar-refractivity contribution in [2.75, 3.05) is 18.1 Å². The quantitative estimate of drug-likeness (QED) is 0.835. The van der Waals surface area contributed by atoms with Crippen LogP contribution in [0.1, 0.15) is 10.5 Å². The summed E-state index contributed by atoms with van der Waals surface area (Å²) in [6, 6.07) is 4.00. The number of aromatic amines is 1. The van der Waals surface area contributed by atoms with E-state index in [2.05, 4.69) is 14.4 Å². The van der Waals surface area contributed by atoms with Gasteiger partial charge in [-0.3, -0.25) is 0 Å². The third-order valence-corrected chi connectivity index (χ3v) is 2.87. The molecule has 0 radical (unpaired) electrons. The van der Waals surface area contributed by atoms with E-state index in [1.54, 1.807) is 0 Å². The molecule has 18 heavy (non-hydrogen) atoms. The lowest BCUT2D eigenvalue weighted by molar-refractivity contribution is 0.0595. The highest BCUT2D eigenvalue weighted by molar-refractivity contribution is 7.85. The lowest BCUT2D eigenvalue weighted by Crippen LogP contribution is -2.01. The average molecular weight is 270 g/mol. The lowest BCUT2D eigenvalue weighted by Gasteiger charge is -2.04. The van der Waals surface area contributed by atoms with Crippen LogP contribution in [0, 0.1) is 5.82 Å². The Labute approximate surface area is 105 Å². The molecular weight excluding hydrogens is 259 g/mol. The van der Waals surface area contributed by atoms with Gasteiger partial charge >= 0.3 is 5.97 Å². The molecule has 0 saturated carbocycles. The largest absolute Gasteiger partial charge is 0.464 e. The van der Waals surface area contributed by atoms with Crippen LogP contribution < -0.4 is 4.72 Å². The number of aromatic nitrogens is 1. The maximum atomic E-state index is 13.4. The second-order valence-electron chi connectivity index (χ2n) is 3.65. The van der Waals surface area contributed by atoms with Crippen LogP contribution in [0.15, 0.2) is 18.2 Å². The van der Waals surface area contributed by atoms with Gasteiger partial charge in [-0.2, -0.15) is 0 Å². The number of carbonyl (C=O) groups excluding carboxylic acids is 1. The summed E-state index contributed by atoms with van der Waals surface area (Å²) >= 11 is 0. The smallest absolute Gasteiger partial charge is 0.354 e. The van der Waals surface area contributed by atoms with Gasteiger partial charge in [0.25, 0.3) is 0 Å². The second kappa shape index (κ2) is 4.77. The van der Waals surface area contributed by atoms with Crippen molar-refractivity contribution in [2.24, 2.45) is 0 Å². The zero-order valence-electron chi connectivity index (χ0n) is 9.74. The van der Waals surface area contributed by atoms with E-state index in [0.29, 0.717) is 16.6 Å². The van der Waals surface area contributed by atoms with E-state index in [4.69, 9.17) is 0 Å². The van der Waals surface area contributed by atoms with Crippen LogP contribution in [0.5, 0.6) is 0 Å². The van der Waals surface area contributed by atoms with Gasteiger partial charge in [-0.25, -0.2) is 13.4 Å². The number of H-pyrrole nitrogens is 1. The Morgan fingerprint density at radius 2 is 2.17 bits per heavy atom. The zero-order chi connectivity index (χ0) is 13.3. The third-order valence-electron chi connectivity index (χ3n) is 2.36. The summed E-state index contributed by atoms with van der Waals surface area (Å²) < 4.78 is 31.7. The number of halogens is 1. The molecule has 2 rings (SSSR count). The molecular formula is C11H11FN2O3S. The molecule has 0 aliphatic carbocycles. The molecule has 1 atom stereocenters. The van der Waals surface area contributed by atoms with Crippen LogP contribution in [-0.2, 0) is 15.7 Å². The number of nitrogens with one attached hydrogen (secondary N) is 2. The Hall–Kier alpha value is -1.89. The number of ether oxygens (including phenoxy) is 1. The van der Waals surface area contributed by atoms with Crippen LogP contribution in [-0.4, -0.2) is 28.5 Å². The number of carbonyl (C=O) groups is 1. The molecule has 0 spiro atoms. The summed E-state index contributed by atoms with van der Waals surface area (Å²) in [4.78, 5) is 14.1. The topological polar surface area (TPSA) is 71.2 Å². The van der Waals surface area contributed by atoms with E-state index in [1.165, 1.54) is 31.6 Å². The summed E-state index contributed by atoms with van der Waals surface area (Å²) in [6.07, 6.45) is 1.44. The first-order valence-corrected chi connectivity index (χ1v) is 6.57. The summed E-state index contributed by atoms with van der Waals surface area (Å²) in [5.74, 6) is -1.04. The number of methoxy groups -OCH3 is 1. The molecule has 1 aromatic carbocycles. The number of rotatable bonds is 3. The molecule has 0 bridgehead atoms. The summed E-state index contributed by atoms with van der Waals surface area (Å²) in [5.41, 5.74) is 1.00. The number of esters is 1. The maximum absolute atomic E-state index is 13.4. The molecule has 0 aliphatic rings. The maximum Gasteiger partial charge on any atom is 0.354 e. The minimum Gasteiger partial charge on any atom is -0.464 e. The predicted octanol–water partition coefficient (Wildman–Crippen LogP) is 1.80. The lowest BCUT2D eigenvalue weighted by atomic mass is 10.2. The second-order valence-corrected chi connectivity index (χ2v) is 4.76. The standard InChI is InChI=1S/C11H11FN2O3S/c1-17-11(15)10-5-7-8(13-10)3-6(12)4-9(7)14-18(2)16/h3-5,13-14H,1-2H3. The van der Waals surface area contributed by atoms with Crippen molar-refractivity contribution in [3.8, 4) is 0 Å². The number of hydrogen-bond donors (Lipinski definition) is 2. The average Bonchev–Trinajstić information content (AvgIpc) is 2.70. The Bertz CT molecular complexity index is 638. The van der Waals surface area contributed by atoms with E-state index in [9.17, 15) is 13.4 Å². The number of fused-ring (bicyclic) bond motifs is 1. The molecule has 7 heteroatoms. The normalized spacial score (nSPS) is 12.4. The first-order chi connectivity index (χ1) is 8.51. The number of anilines is 1. The van der Waals surface area contributed by atoms with Gasteiger partial charge < -0.3 is 14.4 Å². The Kier molecular flexibility index (Phi) is 3.33. The van der Waals surface area contributed by atoms with E-state index in [0.717, 1.165) is 0 Å². The number of benzene rings is 1. The van der Waals surface area contributed by atoms with Crippen molar-refractivity contribution in [3.05, 3.63) is 29.7 Å². The minimum atomic E-state index is -1.33. The summed E-state index contributed by atoms with van der Waals surface area (Å²) in [7, 11) is -0.0722. The van der Waals surface area contributed by atoms with Crippen molar-refractivity contribution in [3.63, 3.8) is 0 Å². The van der Waals surface area contributed by atoms with Crippen LogP contribution in [0.25, 0.3) is 10.9 Å². The van der Waals surface area contributed by atoms with Gasteiger partial charge in [0.05, 0.1) is 18.3 Å². The van der Waals surface area contributed by atoms with Crippen molar-refractivity contribution in [2.45, 2.75) is 0 Å². The Balaban J connectivity index is 2.59. The molecule has 1 heterocycles. The molecule has 1 aromatic heterocycles. The molecule has 2 aromatic rings. The van der Waals surface area contributed by atoms with Gasteiger partial charge in [-0.15, -0.1) is 0 Å². The van der Waals surface area contributed by atoms with Crippen molar-refractivity contribution < 1.29 is 18.1 Å². The van der Waals surface area contributed by atoms with Crippen molar-refractivity contribution in [1.29, 1.82) is 0 Å². The monoisotopic (exact) mass is 270 g/mol. The van der Waals surface area contributed by atoms with E-state index >= 15 is 0 Å². The van der Waals surface area contributed by atoms with Crippen LogP contribution in [0.2, 0.25) is 0 Å². The highest BCUT2D eigenvalue weighted by Crippen LogP contribution is 2.26. The fraction of sp³-hybridized carbons (Fsp3) is 0.182. The first kappa shape index (κ1) is 12.6. The predicted molar refractivity (Wildman–Crippen MR) is 67.3 cm³/mol. The molecule has 0 fully saturated rings. The fourth-order valence-corrected chi connectivity index (χ4v) is 2.14. The van der Waals surface area contributed by atoms with E-state index in [1.807, 2.05) is 0 Å². The SMILES string of the molecule is COC(=O)c1cc2c(NS(C)=O)cc(F)cc2[nH]1. The van der Waals surface area contributed by atoms with Gasteiger partial charge in [0.1, 0.15) is 22.5 Å². The third kappa shape index (κ3) is 2.35. The van der Waals surface area contributed by atoms with Crippen molar-refractivity contribution in [1.82, 2.24) is 4.98 Å². The highest BCUT2D eigenvalue weighted by Gasteiger charge is 2.13. The fourth-order valence-electron chi connectivity index (χ4n) is 1.66. The number of hydrogen-bond acceptors (Lipinski definition) is 3. The van der Waals surface area contributed by atoms with Gasteiger partial charge in [0.2, 0.25) is 0 Å². The minimum absolute atomic E-state index is 0.211. The van der Waals surface area contributed by atoms with Gasteiger partial charge in [-0.05, 0) is 18.2 Å². The van der Waals surface area contributed by atoms with Gasteiger partial charge in [0, 0.05) is 11.6 Å². The molecule has 96 valence electrons. The molecule has 0 amide bonds. The van der Waals surface area contributed by atoms with E-state index < -0.39 is 22.8 Å². The summed E-state index contributed by atoms with van der Waals surface area (Å²) in [6.45, 7) is 0. The van der Waals surface area contributed by atoms with Gasteiger partial charge in [0.15, 0.2) is 0 Å².